The summed E-state index contributed by atoms with van der Waals surface area (Å²) in [6.45, 7) is 0. The molecule has 0 bridgehead atoms. The topological polar surface area (TPSA) is 163 Å². The number of hydrogen-bond donors (Lipinski definition) is 5. The van der Waals surface area contributed by atoms with Crippen LogP contribution < -0.4 is 16.4 Å². The van der Waals surface area contributed by atoms with Crippen LogP contribution in [0.2, 0.25) is 0 Å². The summed E-state index contributed by atoms with van der Waals surface area (Å²) >= 11 is 0. The van der Waals surface area contributed by atoms with Crippen LogP contribution in [0.4, 0.5) is 17.8 Å². The van der Waals surface area contributed by atoms with E-state index in [1.165, 1.54) is 48.5 Å². The fourth-order valence-electron chi connectivity index (χ4n) is 2.08. The van der Waals surface area contributed by atoms with Gasteiger partial charge in [0.25, 0.3) is 11.8 Å². The van der Waals surface area contributed by atoms with E-state index >= 15 is 0 Å². The van der Waals surface area contributed by atoms with Crippen molar-refractivity contribution in [1.29, 1.82) is 0 Å². The van der Waals surface area contributed by atoms with E-state index in [1.807, 2.05) is 0 Å². The van der Waals surface area contributed by atoms with Gasteiger partial charge >= 0.3 is 0 Å². The van der Waals surface area contributed by atoms with Gasteiger partial charge < -0.3 is 15.9 Å². The third-order valence-electron chi connectivity index (χ3n) is 3.36. The van der Waals surface area contributed by atoms with Crippen LogP contribution in [0.3, 0.4) is 0 Å². The Bertz CT molecular complexity index is 912. The molecule has 2 amide bonds. The van der Waals surface area contributed by atoms with Crippen molar-refractivity contribution < 1.29 is 19.8 Å². The van der Waals surface area contributed by atoms with Crippen LogP contribution >= 0.6 is 0 Å². The van der Waals surface area contributed by atoms with Gasteiger partial charge in [-0.15, -0.1) is 0 Å². The quantitative estimate of drug-likeness (QED) is 0.462. The molecule has 0 atom stereocenters. The third kappa shape index (κ3) is 4.45. The minimum atomic E-state index is -0.531. The van der Waals surface area contributed by atoms with Crippen molar-refractivity contribution in [3.63, 3.8) is 0 Å². The fourth-order valence-corrected chi connectivity index (χ4v) is 2.08. The number of phenols is 2. The van der Waals surface area contributed by atoms with E-state index in [4.69, 9.17) is 5.73 Å². The zero-order valence-corrected chi connectivity index (χ0v) is 13.7. The van der Waals surface area contributed by atoms with Gasteiger partial charge in [0.05, 0.1) is 0 Å². The molecule has 1 heterocycles. The molecule has 2 aromatic carbocycles. The smallest absolute Gasteiger partial charge is 0.258 e. The number of carbonyl (C=O) groups is 2. The summed E-state index contributed by atoms with van der Waals surface area (Å²) in [5, 5.41) is 23.4. The minimum absolute atomic E-state index is 0.0233. The molecule has 6 N–H and O–H groups in total. The van der Waals surface area contributed by atoms with E-state index in [9.17, 15) is 19.8 Å². The summed E-state index contributed by atoms with van der Waals surface area (Å²) in [5.74, 6) is -1.52. The van der Waals surface area contributed by atoms with Gasteiger partial charge in [-0.3, -0.25) is 20.2 Å². The fraction of sp³-hybridized carbons (Fsp3) is 0. The normalized spacial score (nSPS) is 10.2. The summed E-state index contributed by atoms with van der Waals surface area (Å²) in [5.41, 5.74) is 6.13. The maximum absolute atomic E-state index is 12.2. The molecule has 3 aromatic rings. The molecule has 27 heavy (non-hydrogen) atoms. The van der Waals surface area contributed by atoms with Crippen LogP contribution in [-0.2, 0) is 0 Å². The van der Waals surface area contributed by atoms with E-state index in [2.05, 4.69) is 25.6 Å². The van der Waals surface area contributed by atoms with Crippen LogP contribution in [0.25, 0.3) is 0 Å². The van der Waals surface area contributed by atoms with Gasteiger partial charge in [0, 0.05) is 11.1 Å². The standard InChI is InChI=1S/C17H14N6O4/c18-15-21-16(19-13(26)9-1-5-11(24)6-2-9)23-17(22-15)20-14(27)10-3-7-12(25)8-4-10/h1-8,24-25H,(H4,18,19,20,21,22,23,26,27). The van der Waals surface area contributed by atoms with Crippen molar-refractivity contribution in [2.75, 3.05) is 16.4 Å². The lowest BCUT2D eigenvalue weighted by Gasteiger charge is -2.08. The molecule has 0 radical (unpaired) electrons. The van der Waals surface area contributed by atoms with Gasteiger partial charge in [-0.1, -0.05) is 0 Å². The molecular formula is C17H14N6O4. The van der Waals surface area contributed by atoms with Crippen molar-refractivity contribution in [2.45, 2.75) is 0 Å². The zero-order chi connectivity index (χ0) is 19.4. The molecule has 3 rings (SSSR count). The molecule has 0 saturated heterocycles. The second kappa shape index (κ2) is 7.35. The second-order valence-corrected chi connectivity index (χ2v) is 5.34. The number of aromatic nitrogens is 3. The van der Waals surface area contributed by atoms with Gasteiger partial charge in [-0.05, 0) is 48.5 Å². The molecule has 10 nitrogen and oxygen atoms in total. The first-order valence-electron chi connectivity index (χ1n) is 7.63. The average Bonchev–Trinajstić information content (AvgIpc) is 2.62. The molecule has 0 aliphatic rings. The van der Waals surface area contributed by atoms with E-state index in [-0.39, 0.29) is 40.5 Å². The van der Waals surface area contributed by atoms with Gasteiger partial charge in [-0.25, -0.2) is 0 Å². The lowest BCUT2D eigenvalue weighted by Crippen LogP contribution is -2.19. The van der Waals surface area contributed by atoms with Crippen molar-refractivity contribution in [3.8, 4) is 11.5 Å². The number of nitrogens with two attached hydrogens (primary N) is 1. The summed E-state index contributed by atoms with van der Waals surface area (Å²) in [6, 6.07) is 11.1. The number of rotatable bonds is 4. The van der Waals surface area contributed by atoms with Crippen LogP contribution in [0.15, 0.2) is 48.5 Å². The molecule has 1 aromatic heterocycles. The molecule has 10 heteroatoms. The number of anilines is 3. The molecule has 0 fully saturated rings. The van der Waals surface area contributed by atoms with Gasteiger partial charge in [0.2, 0.25) is 17.8 Å². The Hall–Kier alpha value is -4.21. The van der Waals surface area contributed by atoms with E-state index in [0.29, 0.717) is 0 Å². The van der Waals surface area contributed by atoms with Gasteiger partial charge in [0.15, 0.2) is 0 Å². The molecule has 0 spiro atoms. The van der Waals surface area contributed by atoms with Crippen LogP contribution in [-0.4, -0.2) is 37.0 Å². The SMILES string of the molecule is Nc1nc(NC(=O)c2ccc(O)cc2)nc(NC(=O)c2ccc(O)cc2)n1. The van der Waals surface area contributed by atoms with Crippen molar-refractivity contribution >= 4 is 29.7 Å². The Morgan fingerprint density at radius 2 is 1.07 bits per heavy atom. The summed E-state index contributed by atoms with van der Waals surface area (Å²) < 4.78 is 0. The van der Waals surface area contributed by atoms with E-state index in [1.54, 1.807) is 0 Å². The molecule has 0 aliphatic carbocycles. The first kappa shape index (κ1) is 17.6. The zero-order valence-electron chi connectivity index (χ0n) is 13.7. The number of phenolic OH excluding ortho intramolecular Hbond substituents is 2. The predicted octanol–water partition coefficient (Wildman–Crippen LogP) is 1.37. The molecule has 136 valence electrons. The summed E-state index contributed by atoms with van der Waals surface area (Å²) in [4.78, 5) is 35.9. The Kier molecular flexibility index (Phi) is 4.79. The lowest BCUT2D eigenvalue weighted by molar-refractivity contribution is 0.101. The Labute approximate surface area is 152 Å². The van der Waals surface area contributed by atoms with Gasteiger partial charge in [0.1, 0.15) is 11.5 Å². The van der Waals surface area contributed by atoms with Crippen molar-refractivity contribution in [3.05, 3.63) is 59.7 Å². The average molecular weight is 366 g/mol. The lowest BCUT2D eigenvalue weighted by atomic mass is 10.2. The molecule has 0 unspecified atom stereocenters. The minimum Gasteiger partial charge on any atom is -0.508 e. The number of aromatic hydroxyl groups is 2. The van der Waals surface area contributed by atoms with Crippen LogP contribution in [0.5, 0.6) is 11.5 Å². The highest BCUT2D eigenvalue weighted by molar-refractivity contribution is 6.04. The highest BCUT2D eigenvalue weighted by atomic mass is 16.3. The largest absolute Gasteiger partial charge is 0.508 e. The third-order valence-corrected chi connectivity index (χ3v) is 3.36. The van der Waals surface area contributed by atoms with Crippen molar-refractivity contribution in [2.24, 2.45) is 0 Å². The van der Waals surface area contributed by atoms with Crippen LogP contribution in [0.1, 0.15) is 20.7 Å². The highest BCUT2D eigenvalue weighted by Crippen LogP contribution is 2.14. The number of nitrogens with zero attached hydrogens (tertiary/aromatic N) is 3. The Morgan fingerprint density at radius 3 is 1.44 bits per heavy atom. The monoisotopic (exact) mass is 366 g/mol. The Morgan fingerprint density at radius 1 is 0.704 bits per heavy atom. The summed E-state index contributed by atoms with van der Waals surface area (Å²) in [7, 11) is 0. The second-order valence-electron chi connectivity index (χ2n) is 5.34. The molecule has 0 saturated carbocycles. The highest BCUT2D eigenvalue weighted by Gasteiger charge is 2.13. The Balaban J connectivity index is 1.75. The maximum Gasteiger partial charge on any atom is 0.258 e. The van der Waals surface area contributed by atoms with E-state index in [0.717, 1.165) is 0 Å². The maximum atomic E-state index is 12.2. The molecular weight excluding hydrogens is 352 g/mol. The first-order chi connectivity index (χ1) is 12.9. The van der Waals surface area contributed by atoms with Crippen LogP contribution in [0, 0.1) is 0 Å². The summed E-state index contributed by atoms with van der Waals surface area (Å²) in [6.07, 6.45) is 0. The van der Waals surface area contributed by atoms with Crippen molar-refractivity contribution in [1.82, 2.24) is 15.0 Å². The number of carbonyl (C=O) groups excluding carboxylic acids is 2. The van der Waals surface area contributed by atoms with E-state index < -0.39 is 11.8 Å². The molecule has 0 aliphatic heterocycles. The number of hydrogen-bond acceptors (Lipinski definition) is 8. The number of nitrogen functional groups attached to an aromatic ring is 1. The van der Waals surface area contributed by atoms with Gasteiger partial charge in [-0.2, -0.15) is 15.0 Å². The first-order valence-corrected chi connectivity index (χ1v) is 7.63. The number of nitrogens with one attached hydrogen (secondary N) is 2. The number of amides is 2. The number of benzene rings is 2. The predicted molar refractivity (Wildman–Crippen MR) is 96.4 cm³/mol.